The van der Waals surface area contributed by atoms with Crippen molar-refractivity contribution in [3.8, 4) is 0 Å². The lowest BCUT2D eigenvalue weighted by Crippen LogP contribution is -2.40. The maximum absolute atomic E-state index is 10.8. The molecule has 0 spiro atoms. The summed E-state index contributed by atoms with van der Waals surface area (Å²) in [5.74, 6) is 1.02. The van der Waals surface area contributed by atoms with Crippen LogP contribution in [0.25, 0.3) is 0 Å². The third-order valence-corrected chi connectivity index (χ3v) is 4.34. The number of rotatable bonds is 5. The van der Waals surface area contributed by atoms with E-state index in [2.05, 4.69) is 17.3 Å². The molecule has 0 radical (unpaired) electrons. The molecule has 0 aromatic carbocycles. The molecule has 20 heavy (non-hydrogen) atoms. The molecule has 6 nitrogen and oxygen atoms in total. The lowest BCUT2D eigenvalue weighted by molar-refractivity contribution is -0.402. The molecule has 2 aliphatic rings. The van der Waals surface area contributed by atoms with Crippen LogP contribution in [0.4, 0.5) is 5.88 Å². The topological polar surface area (TPSA) is 71.5 Å². The van der Waals surface area contributed by atoms with Gasteiger partial charge >= 0.3 is 5.88 Å². The smallest absolute Gasteiger partial charge is 0.404 e. The van der Waals surface area contributed by atoms with Gasteiger partial charge < -0.3 is 9.73 Å². The van der Waals surface area contributed by atoms with Gasteiger partial charge in [-0.05, 0) is 51.3 Å². The fourth-order valence-corrected chi connectivity index (χ4v) is 3.13. The second-order valence-electron chi connectivity index (χ2n) is 5.94. The van der Waals surface area contributed by atoms with Crippen molar-refractivity contribution in [3.63, 3.8) is 0 Å². The van der Waals surface area contributed by atoms with Crippen molar-refractivity contribution in [2.75, 3.05) is 20.1 Å². The molecule has 1 saturated heterocycles. The van der Waals surface area contributed by atoms with Crippen LogP contribution < -0.4 is 5.32 Å². The van der Waals surface area contributed by atoms with Crippen LogP contribution in [0, 0.1) is 16.0 Å². The minimum Gasteiger partial charge on any atom is -0.404 e. The fraction of sp³-hybridized carbons (Fsp3) is 0.714. The van der Waals surface area contributed by atoms with Crippen molar-refractivity contribution in [1.29, 1.82) is 0 Å². The summed E-state index contributed by atoms with van der Waals surface area (Å²) >= 11 is 0. The standard InChI is InChI=1S/C14H21N3O3/c1-16-8-2-3-10(9-15-11-4-5-11)14(16)12-6-7-13(20-12)17(18)19/h6-7,10-11,14-15H,2-5,8-9H2,1H3. The highest BCUT2D eigenvalue weighted by Gasteiger charge is 2.34. The summed E-state index contributed by atoms with van der Waals surface area (Å²) < 4.78 is 5.44. The predicted octanol–water partition coefficient (Wildman–Crippen LogP) is 2.32. The van der Waals surface area contributed by atoms with E-state index in [-0.39, 0.29) is 11.9 Å². The fourth-order valence-electron chi connectivity index (χ4n) is 3.13. The van der Waals surface area contributed by atoms with Crippen LogP contribution in [0.5, 0.6) is 0 Å². The zero-order chi connectivity index (χ0) is 14.1. The van der Waals surface area contributed by atoms with Gasteiger partial charge in [0.1, 0.15) is 10.7 Å². The summed E-state index contributed by atoms with van der Waals surface area (Å²) in [6, 6.07) is 4.05. The number of nitrogens with one attached hydrogen (secondary N) is 1. The van der Waals surface area contributed by atoms with Crippen molar-refractivity contribution in [2.45, 2.75) is 37.8 Å². The SMILES string of the molecule is CN1CCCC(CNC2CC2)C1c1ccc([N+](=O)[O-])o1. The van der Waals surface area contributed by atoms with E-state index in [1.807, 2.05) is 0 Å². The highest BCUT2D eigenvalue weighted by Crippen LogP contribution is 2.37. The predicted molar refractivity (Wildman–Crippen MR) is 74.5 cm³/mol. The molecule has 1 N–H and O–H groups in total. The first-order valence-corrected chi connectivity index (χ1v) is 7.33. The Morgan fingerprint density at radius 1 is 1.45 bits per heavy atom. The monoisotopic (exact) mass is 279 g/mol. The average molecular weight is 279 g/mol. The van der Waals surface area contributed by atoms with E-state index in [4.69, 9.17) is 4.42 Å². The van der Waals surface area contributed by atoms with Gasteiger partial charge in [0, 0.05) is 12.6 Å². The number of hydrogen-bond donors (Lipinski definition) is 1. The molecule has 110 valence electrons. The van der Waals surface area contributed by atoms with Gasteiger partial charge in [0.05, 0.1) is 12.1 Å². The van der Waals surface area contributed by atoms with E-state index in [0.717, 1.165) is 25.3 Å². The first-order chi connectivity index (χ1) is 9.65. The van der Waals surface area contributed by atoms with Crippen molar-refractivity contribution < 1.29 is 9.34 Å². The third kappa shape index (κ3) is 2.86. The Morgan fingerprint density at radius 2 is 2.25 bits per heavy atom. The Labute approximate surface area is 118 Å². The number of likely N-dealkylation sites (tertiary alicyclic amines) is 1. The largest absolute Gasteiger partial charge is 0.433 e. The zero-order valence-electron chi connectivity index (χ0n) is 11.7. The Bertz CT molecular complexity index is 484. The molecule has 1 saturated carbocycles. The van der Waals surface area contributed by atoms with E-state index in [1.54, 1.807) is 6.07 Å². The van der Waals surface area contributed by atoms with Gasteiger partial charge in [-0.3, -0.25) is 15.0 Å². The van der Waals surface area contributed by atoms with E-state index in [0.29, 0.717) is 12.0 Å². The van der Waals surface area contributed by atoms with Crippen LogP contribution in [0.2, 0.25) is 0 Å². The molecule has 2 fully saturated rings. The van der Waals surface area contributed by atoms with Gasteiger partial charge in [-0.2, -0.15) is 0 Å². The van der Waals surface area contributed by atoms with E-state index in [1.165, 1.54) is 25.3 Å². The normalized spacial score (nSPS) is 27.6. The van der Waals surface area contributed by atoms with Crippen LogP contribution in [0.15, 0.2) is 16.5 Å². The first kappa shape index (κ1) is 13.6. The van der Waals surface area contributed by atoms with Crippen LogP contribution in [0.3, 0.4) is 0 Å². The number of piperidine rings is 1. The maximum atomic E-state index is 10.8. The van der Waals surface area contributed by atoms with Crippen LogP contribution in [-0.2, 0) is 0 Å². The molecular formula is C14H21N3O3. The van der Waals surface area contributed by atoms with Gasteiger partial charge in [0.25, 0.3) is 0 Å². The Kier molecular flexibility index (Phi) is 3.76. The molecule has 1 aliphatic carbocycles. The van der Waals surface area contributed by atoms with Gasteiger partial charge in [0.15, 0.2) is 0 Å². The van der Waals surface area contributed by atoms with Crippen LogP contribution in [0.1, 0.15) is 37.5 Å². The Hall–Kier alpha value is -1.40. The second kappa shape index (κ2) is 5.54. The minimum atomic E-state index is -0.468. The van der Waals surface area contributed by atoms with Crippen molar-refractivity contribution >= 4 is 5.88 Å². The number of hydrogen-bond acceptors (Lipinski definition) is 5. The maximum Gasteiger partial charge on any atom is 0.433 e. The average Bonchev–Trinajstić information content (AvgIpc) is 3.12. The summed E-state index contributed by atoms with van der Waals surface area (Å²) in [5, 5.41) is 14.3. The van der Waals surface area contributed by atoms with Gasteiger partial charge in [-0.1, -0.05) is 0 Å². The van der Waals surface area contributed by atoms with Crippen molar-refractivity contribution in [1.82, 2.24) is 10.2 Å². The first-order valence-electron chi connectivity index (χ1n) is 7.33. The Morgan fingerprint density at radius 3 is 2.90 bits per heavy atom. The minimum absolute atomic E-state index is 0.142. The van der Waals surface area contributed by atoms with E-state index >= 15 is 0 Å². The molecule has 2 unspecified atom stereocenters. The summed E-state index contributed by atoms with van der Waals surface area (Å²) in [5.41, 5.74) is 0. The molecule has 2 atom stereocenters. The third-order valence-electron chi connectivity index (χ3n) is 4.34. The van der Waals surface area contributed by atoms with Crippen LogP contribution >= 0.6 is 0 Å². The van der Waals surface area contributed by atoms with Gasteiger partial charge in [0.2, 0.25) is 0 Å². The van der Waals surface area contributed by atoms with Crippen molar-refractivity contribution in [2.24, 2.45) is 5.92 Å². The highest BCUT2D eigenvalue weighted by atomic mass is 16.6. The second-order valence-corrected chi connectivity index (χ2v) is 5.94. The molecule has 1 aromatic rings. The summed E-state index contributed by atoms with van der Waals surface area (Å²) in [6.07, 6.45) is 4.87. The van der Waals surface area contributed by atoms with E-state index < -0.39 is 4.92 Å². The van der Waals surface area contributed by atoms with Crippen LogP contribution in [-0.4, -0.2) is 36.0 Å². The van der Waals surface area contributed by atoms with Crippen molar-refractivity contribution in [3.05, 3.63) is 28.0 Å². The molecule has 2 heterocycles. The highest BCUT2D eigenvalue weighted by molar-refractivity contribution is 5.21. The quantitative estimate of drug-likeness (QED) is 0.661. The molecule has 1 aliphatic heterocycles. The lowest BCUT2D eigenvalue weighted by atomic mass is 9.88. The summed E-state index contributed by atoms with van der Waals surface area (Å²) in [4.78, 5) is 12.6. The number of nitrogens with zero attached hydrogens (tertiary/aromatic N) is 2. The lowest BCUT2D eigenvalue weighted by Gasteiger charge is -2.38. The number of nitro groups is 1. The molecule has 0 amide bonds. The summed E-state index contributed by atoms with van der Waals surface area (Å²) in [7, 11) is 2.07. The Balaban J connectivity index is 1.74. The molecule has 0 bridgehead atoms. The van der Waals surface area contributed by atoms with Gasteiger partial charge in [-0.15, -0.1) is 0 Å². The molecule has 3 rings (SSSR count). The van der Waals surface area contributed by atoms with Gasteiger partial charge in [-0.25, -0.2) is 0 Å². The molecular weight excluding hydrogens is 258 g/mol. The molecule has 1 aromatic heterocycles. The zero-order valence-corrected chi connectivity index (χ0v) is 11.7. The number of furan rings is 1. The molecule has 6 heteroatoms. The summed E-state index contributed by atoms with van der Waals surface area (Å²) in [6.45, 7) is 1.98. The van der Waals surface area contributed by atoms with E-state index in [9.17, 15) is 10.1 Å².